The van der Waals surface area contributed by atoms with Crippen LogP contribution in [-0.4, -0.2) is 10.9 Å². The van der Waals surface area contributed by atoms with Gasteiger partial charge >= 0.3 is 0 Å². The van der Waals surface area contributed by atoms with Crippen molar-refractivity contribution >= 4 is 45.6 Å². The van der Waals surface area contributed by atoms with Crippen LogP contribution in [-0.2, 0) is 12.1 Å². The Balaban J connectivity index is 0.00000176. The summed E-state index contributed by atoms with van der Waals surface area (Å²) in [7, 11) is 0. The molecule has 1 fully saturated rings. The molecular formula is C15H17BrClN3OS. The summed E-state index contributed by atoms with van der Waals surface area (Å²) in [5.74, 6) is -0.120. The molecule has 0 spiro atoms. The van der Waals surface area contributed by atoms with Gasteiger partial charge in [-0.05, 0) is 37.0 Å². The second-order valence-electron chi connectivity index (χ2n) is 5.23. The van der Waals surface area contributed by atoms with Crippen molar-refractivity contribution in [1.82, 2.24) is 10.3 Å². The zero-order chi connectivity index (χ0) is 14.9. The van der Waals surface area contributed by atoms with E-state index in [1.807, 2.05) is 12.1 Å². The molecule has 1 amide bonds. The van der Waals surface area contributed by atoms with Gasteiger partial charge in [-0.2, -0.15) is 0 Å². The maximum Gasteiger partial charge on any atom is 0.271 e. The van der Waals surface area contributed by atoms with Gasteiger partial charge in [0.25, 0.3) is 5.91 Å². The number of hydrogen-bond acceptors (Lipinski definition) is 4. The van der Waals surface area contributed by atoms with Gasteiger partial charge in [-0.3, -0.25) is 4.79 Å². The number of rotatable bonds is 4. The molecule has 3 N–H and O–H groups in total. The Hall–Kier alpha value is -0.950. The zero-order valence-electron chi connectivity index (χ0n) is 11.8. The lowest BCUT2D eigenvalue weighted by molar-refractivity contribution is 0.0818. The molecule has 7 heteroatoms. The summed E-state index contributed by atoms with van der Waals surface area (Å²) in [6, 6.07) is 8.13. The van der Waals surface area contributed by atoms with Gasteiger partial charge in [-0.25, -0.2) is 4.98 Å². The van der Waals surface area contributed by atoms with Gasteiger partial charge in [0.15, 0.2) is 0 Å². The second-order valence-corrected chi connectivity index (χ2v) is 7.09. The molecule has 4 nitrogen and oxygen atoms in total. The van der Waals surface area contributed by atoms with Gasteiger partial charge in [-0.15, -0.1) is 23.7 Å². The highest BCUT2D eigenvalue weighted by atomic mass is 79.9. The fourth-order valence-corrected chi connectivity index (χ4v) is 3.65. The molecule has 3 rings (SSSR count). The van der Waals surface area contributed by atoms with Crippen molar-refractivity contribution in [3.05, 3.63) is 50.4 Å². The topological polar surface area (TPSA) is 68.0 Å². The van der Waals surface area contributed by atoms with Crippen LogP contribution in [0.1, 0.15) is 40.3 Å². The van der Waals surface area contributed by atoms with Crippen molar-refractivity contribution in [2.24, 2.45) is 5.73 Å². The molecule has 1 aromatic heterocycles. The van der Waals surface area contributed by atoms with E-state index in [0.717, 1.165) is 34.3 Å². The van der Waals surface area contributed by atoms with Crippen LogP contribution in [0.5, 0.6) is 0 Å². The lowest BCUT2D eigenvalue weighted by Crippen LogP contribution is -2.50. The lowest BCUT2D eigenvalue weighted by Gasteiger charge is -2.43. The first-order chi connectivity index (χ1) is 10.1. The first-order valence-electron chi connectivity index (χ1n) is 6.86. The molecule has 1 aromatic carbocycles. The molecule has 0 unspecified atom stereocenters. The van der Waals surface area contributed by atoms with Gasteiger partial charge in [0.05, 0.1) is 5.54 Å². The molecule has 0 aliphatic heterocycles. The van der Waals surface area contributed by atoms with E-state index >= 15 is 0 Å². The maximum atomic E-state index is 12.4. The molecule has 118 valence electrons. The van der Waals surface area contributed by atoms with Gasteiger partial charge in [0.2, 0.25) is 0 Å². The standard InChI is InChI=1S/C15H16BrN3OS.ClH/c16-11-4-1-3-10(7-11)15(5-2-6-15)19-14(20)12-9-21-13(8-17)18-12;/h1,3-4,7,9H,2,5-6,8,17H2,(H,19,20);1H. The van der Waals surface area contributed by atoms with Gasteiger partial charge in [0, 0.05) is 16.4 Å². The number of aromatic nitrogens is 1. The van der Waals surface area contributed by atoms with E-state index in [-0.39, 0.29) is 23.9 Å². The van der Waals surface area contributed by atoms with E-state index in [9.17, 15) is 4.79 Å². The van der Waals surface area contributed by atoms with Crippen molar-refractivity contribution in [3.63, 3.8) is 0 Å². The van der Waals surface area contributed by atoms with E-state index in [1.54, 1.807) is 5.38 Å². The fourth-order valence-electron chi connectivity index (χ4n) is 2.59. The quantitative estimate of drug-likeness (QED) is 0.821. The number of hydrogen-bond donors (Lipinski definition) is 2. The summed E-state index contributed by atoms with van der Waals surface area (Å²) in [5, 5.41) is 5.72. The van der Waals surface area contributed by atoms with E-state index in [4.69, 9.17) is 5.73 Å². The molecule has 2 aromatic rings. The highest BCUT2D eigenvalue weighted by Crippen LogP contribution is 2.42. The summed E-state index contributed by atoms with van der Waals surface area (Å²) in [6.45, 7) is 0.370. The van der Waals surface area contributed by atoms with Gasteiger partial charge < -0.3 is 11.1 Å². The van der Waals surface area contributed by atoms with Gasteiger partial charge in [0.1, 0.15) is 10.7 Å². The van der Waals surface area contributed by atoms with Gasteiger partial charge in [-0.1, -0.05) is 28.1 Å². The Kier molecular flexibility index (Phi) is 5.60. The normalized spacial score (nSPS) is 15.5. The largest absolute Gasteiger partial charge is 0.341 e. The molecule has 22 heavy (non-hydrogen) atoms. The van der Waals surface area contributed by atoms with Crippen LogP contribution < -0.4 is 11.1 Å². The number of nitrogens with one attached hydrogen (secondary N) is 1. The Morgan fingerprint density at radius 3 is 2.77 bits per heavy atom. The average Bonchev–Trinajstić information content (AvgIpc) is 2.91. The minimum atomic E-state index is -0.257. The van der Waals surface area contributed by atoms with Crippen molar-refractivity contribution in [1.29, 1.82) is 0 Å². The molecule has 0 bridgehead atoms. The van der Waals surface area contributed by atoms with Crippen LogP contribution in [0.4, 0.5) is 0 Å². The third-order valence-corrected chi connectivity index (χ3v) is 5.26. The minimum Gasteiger partial charge on any atom is -0.341 e. The highest BCUT2D eigenvalue weighted by Gasteiger charge is 2.40. The number of benzene rings is 1. The minimum absolute atomic E-state index is 0. The SMILES string of the molecule is Cl.NCc1nc(C(=O)NC2(c3cccc(Br)c3)CCC2)cs1. The van der Waals surface area contributed by atoms with Crippen molar-refractivity contribution in [2.45, 2.75) is 31.3 Å². The number of amides is 1. The molecular weight excluding hydrogens is 386 g/mol. The Bertz CT molecular complexity index is 672. The van der Waals surface area contributed by atoms with E-state index in [1.165, 1.54) is 11.3 Å². The fraction of sp³-hybridized carbons (Fsp3) is 0.333. The van der Waals surface area contributed by atoms with Crippen LogP contribution in [0.2, 0.25) is 0 Å². The Labute approximate surface area is 148 Å². The van der Waals surface area contributed by atoms with Crippen LogP contribution in [0.15, 0.2) is 34.1 Å². The zero-order valence-corrected chi connectivity index (χ0v) is 15.1. The average molecular weight is 403 g/mol. The third-order valence-electron chi connectivity index (χ3n) is 3.90. The molecule has 1 heterocycles. The first-order valence-corrected chi connectivity index (χ1v) is 8.53. The molecule has 0 radical (unpaired) electrons. The maximum absolute atomic E-state index is 12.4. The Morgan fingerprint density at radius 2 is 2.23 bits per heavy atom. The molecule has 1 aliphatic carbocycles. The number of carbonyl (C=O) groups is 1. The van der Waals surface area contributed by atoms with Crippen molar-refractivity contribution < 1.29 is 4.79 Å². The summed E-state index contributed by atoms with van der Waals surface area (Å²) in [4.78, 5) is 16.7. The predicted molar refractivity (Wildman–Crippen MR) is 94.4 cm³/mol. The smallest absolute Gasteiger partial charge is 0.271 e. The monoisotopic (exact) mass is 401 g/mol. The number of nitrogens with zero attached hydrogens (tertiary/aromatic N) is 1. The van der Waals surface area contributed by atoms with Crippen LogP contribution in [0.3, 0.4) is 0 Å². The summed E-state index contributed by atoms with van der Waals surface area (Å²) in [5.41, 5.74) is 6.89. The summed E-state index contributed by atoms with van der Waals surface area (Å²) >= 11 is 4.92. The molecule has 1 aliphatic rings. The van der Waals surface area contributed by atoms with Crippen LogP contribution >= 0.6 is 39.7 Å². The number of thiazole rings is 1. The van der Waals surface area contributed by atoms with Crippen molar-refractivity contribution in [3.8, 4) is 0 Å². The number of carbonyl (C=O) groups excluding carboxylic acids is 1. The highest BCUT2D eigenvalue weighted by molar-refractivity contribution is 9.10. The lowest BCUT2D eigenvalue weighted by atomic mass is 9.71. The van der Waals surface area contributed by atoms with E-state index < -0.39 is 0 Å². The third kappa shape index (κ3) is 3.35. The van der Waals surface area contributed by atoms with E-state index in [0.29, 0.717) is 12.2 Å². The van der Waals surface area contributed by atoms with Crippen molar-refractivity contribution in [2.75, 3.05) is 0 Å². The Morgan fingerprint density at radius 1 is 1.45 bits per heavy atom. The molecule has 0 saturated heterocycles. The van der Waals surface area contributed by atoms with Crippen LogP contribution in [0.25, 0.3) is 0 Å². The molecule has 1 saturated carbocycles. The number of halogens is 2. The number of nitrogens with two attached hydrogens (primary N) is 1. The predicted octanol–water partition coefficient (Wildman–Crippen LogP) is 3.60. The van der Waals surface area contributed by atoms with E-state index in [2.05, 4.69) is 38.4 Å². The van der Waals surface area contributed by atoms with Crippen LogP contribution in [0, 0.1) is 0 Å². The first kappa shape index (κ1) is 17.4. The second kappa shape index (κ2) is 7.08. The summed E-state index contributed by atoms with van der Waals surface area (Å²) in [6.07, 6.45) is 3.05. The molecule has 0 atom stereocenters. The summed E-state index contributed by atoms with van der Waals surface area (Å²) < 4.78 is 1.03.